The van der Waals surface area contributed by atoms with Crippen LogP contribution in [-0.4, -0.2) is 33.5 Å². The second-order valence-corrected chi connectivity index (χ2v) is 6.53. The molecule has 2 atom stereocenters. The number of benzene rings is 2. The van der Waals surface area contributed by atoms with Crippen molar-refractivity contribution in [3.05, 3.63) is 73.8 Å². The minimum absolute atomic E-state index is 0.0885. The number of hydrogen-bond donors (Lipinski definition) is 0. The van der Waals surface area contributed by atoms with E-state index >= 15 is 0 Å². The molecule has 2 heterocycles. The van der Waals surface area contributed by atoms with Crippen molar-refractivity contribution in [3.63, 3.8) is 0 Å². The van der Waals surface area contributed by atoms with E-state index in [4.69, 9.17) is 4.84 Å². The molecule has 0 N–H and O–H groups in total. The molecule has 0 radical (unpaired) electrons. The van der Waals surface area contributed by atoms with Crippen LogP contribution >= 0.6 is 0 Å². The average molecular weight is 396 g/mol. The SMILES string of the molecule is Cc1ccc([N+](=O)[O-])cc1N1C(=O)C2ON=C(c3cccc([N+](=O)[O-])c3)C2C1=O. The van der Waals surface area contributed by atoms with Gasteiger partial charge in [-0.2, -0.15) is 0 Å². The third-order valence-electron chi connectivity index (χ3n) is 4.81. The normalized spacial score (nSPS) is 20.3. The summed E-state index contributed by atoms with van der Waals surface area (Å²) in [5.74, 6) is -2.46. The summed E-state index contributed by atoms with van der Waals surface area (Å²) >= 11 is 0. The fraction of sp³-hybridized carbons (Fsp3) is 0.167. The molecule has 4 rings (SSSR count). The van der Waals surface area contributed by atoms with Crippen LogP contribution in [0.2, 0.25) is 0 Å². The molecule has 1 fully saturated rings. The second-order valence-electron chi connectivity index (χ2n) is 6.53. The van der Waals surface area contributed by atoms with Crippen molar-refractivity contribution >= 4 is 34.6 Å². The maximum Gasteiger partial charge on any atom is 0.278 e. The fourth-order valence-electron chi connectivity index (χ4n) is 3.38. The maximum atomic E-state index is 13.1. The molecule has 0 spiro atoms. The van der Waals surface area contributed by atoms with Crippen LogP contribution in [0.5, 0.6) is 0 Å². The van der Waals surface area contributed by atoms with Gasteiger partial charge in [-0.25, -0.2) is 4.90 Å². The Bertz CT molecular complexity index is 1130. The van der Waals surface area contributed by atoms with Crippen LogP contribution in [-0.2, 0) is 14.4 Å². The van der Waals surface area contributed by atoms with Crippen molar-refractivity contribution in [2.24, 2.45) is 11.1 Å². The molecule has 2 aliphatic rings. The Kier molecular flexibility index (Phi) is 4.07. The topological polar surface area (TPSA) is 145 Å². The van der Waals surface area contributed by atoms with Crippen LogP contribution in [0.25, 0.3) is 0 Å². The van der Waals surface area contributed by atoms with Crippen molar-refractivity contribution in [2.75, 3.05) is 4.90 Å². The lowest BCUT2D eigenvalue weighted by atomic mass is 9.94. The molecule has 2 aromatic carbocycles. The van der Waals surface area contributed by atoms with Gasteiger partial charge in [-0.3, -0.25) is 29.8 Å². The van der Waals surface area contributed by atoms with E-state index in [9.17, 15) is 29.8 Å². The maximum absolute atomic E-state index is 13.1. The van der Waals surface area contributed by atoms with E-state index in [2.05, 4.69) is 5.16 Å². The summed E-state index contributed by atoms with van der Waals surface area (Å²) in [6, 6.07) is 9.36. The van der Waals surface area contributed by atoms with Crippen molar-refractivity contribution in [1.29, 1.82) is 0 Å². The molecule has 0 bridgehead atoms. The summed E-state index contributed by atoms with van der Waals surface area (Å²) in [5.41, 5.74) is 0.498. The molecule has 2 aliphatic heterocycles. The van der Waals surface area contributed by atoms with E-state index < -0.39 is 33.7 Å². The minimum atomic E-state index is -1.23. The first-order valence-corrected chi connectivity index (χ1v) is 8.41. The van der Waals surface area contributed by atoms with Gasteiger partial charge in [0.25, 0.3) is 17.3 Å². The van der Waals surface area contributed by atoms with Crippen molar-refractivity contribution < 1.29 is 24.3 Å². The number of nitro groups is 2. The van der Waals surface area contributed by atoms with E-state index in [1.807, 2.05) is 0 Å². The molecule has 11 heteroatoms. The zero-order chi connectivity index (χ0) is 20.9. The number of rotatable bonds is 4. The molecule has 2 unspecified atom stereocenters. The highest BCUT2D eigenvalue weighted by Crippen LogP contribution is 2.37. The highest BCUT2D eigenvalue weighted by molar-refractivity contribution is 6.32. The highest BCUT2D eigenvalue weighted by atomic mass is 16.7. The quantitative estimate of drug-likeness (QED) is 0.437. The van der Waals surface area contributed by atoms with Crippen molar-refractivity contribution in [1.82, 2.24) is 0 Å². The number of imide groups is 1. The van der Waals surface area contributed by atoms with Crippen LogP contribution in [0.3, 0.4) is 0 Å². The van der Waals surface area contributed by atoms with Gasteiger partial charge in [0.05, 0.1) is 15.5 Å². The number of aryl methyl sites for hydroxylation is 1. The Morgan fingerprint density at radius 1 is 1.00 bits per heavy atom. The van der Waals surface area contributed by atoms with Gasteiger partial charge in [0.1, 0.15) is 11.6 Å². The van der Waals surface area contributed by atoms with Crippen molar-refractivity contribution in [3.8, 4) is 0 Å². The summed E-state index contributed by atoms with van der Waals surface area (Å²) in [5, 5.41) is 25.9. The molecule has 2 aromatic rings. The number of fused-ring (bicyclic) bond motifs is 1. The zero-order valence-electron chi connectivity index (χ0n) is 14.8. The lowest BCUT2D eigenvalue weighted by Crippen LogP contribution is -2.33. The third-order valence-corrected chi connectivity index (χ3v) is 4.81. The summed E-state index contributed by atoms with van der Waals surface area (Å²) in [6.07, 6.45) is -1.23. The van der Waals surface area contributed by atoms with Gasteiger partial charge >= 0.3 is 0 Å². The van der Waals surface area contributed by atoms with Gasteiger partial charge < -0.3 is 4.84 Å². The number of amides is 2. The molecule has 11 nitrogen and oxygen atoms in total. The molecule has 0 saturated carbocycles. The monoisotopic (exact) mass is 396 g/mol. The molecule has 146 valence electrons. The largest absolute Gasteiger partial charge is 0.381 e. The molecular weight excluding hydrogens is 384 g/mol. The van der Waals surface area contributed by atoms with Crippen molar-refractivity contribution in [2.45, 2.75) is 13.0 Å². The van der Waals surface area contributed by atoms with Gasteiger partial charge in [0.2, 0.25) is 12.0 Å². The van der Waals surface area contributed by atoms with Gasteiger partial charge in [-0.1, -0.05) is 23.4 Å². The average Bonchev–Trinajstić information content (AvgIpc) is 3.23. The lowest BCUT2D eigenvalue weighted by molar-refractivity contribution is -0.385. The molecular formula is C18H12N4O7. The second kappa shape index (κ2) is 6.48. The summed E-state index contributed by atoms with van der Waals surface area (Å²) in [7, 11) is 0. The van der Waals surface area contributed by atoms with Crippen LogP contribution < -0.4 is 4.90 Å². The number of non-ortho nitro benzene ring substituents is 2. The van der Waals surface area contributed by atoms with Crippen LogP contribution in [0, 0.1) is 33.1 Å². The number of nitro benzene ring substituents is 2. The number of carbonyl (C=O) groups is 2. The number of hydrogen-bond acceptors (Lipinski definition) is 8. The van der Waals surface area contributed by atoms with E-state index in [0.29, 0.717) is 5.56 Å². The lowest BCUT2D eigenvalue weighted by Gasteiger charge is -2.17. The van der Waals surface area contributed by atoms with Gasteiger partial charge in [0.15, 0.2) is 0 Å². The molecule has 2 amide bonds. The van der Waals surface area contributed by atoms with E-state index in [-0.39, 0.29) is 28.3 Å². The van der Waals surface area contributed by atoms with Gasteiger partial charge in [-0.05, 0) is 12.5 Å². The number of carbonyl (C=O) groups excluding carboxylic acids is 2. The predicted octanol–water partition coefficient (Wildman–Crippen LogP) is 2.10. The number of nitrogens with zero attached hydrogens (tertiary/aromatic N) is 4. The third kappa shape index (κ3) is 2.79. The molecule has 0 aliphatic carbocycles. The summed E-state index contributed by atoms with van der Waals surface area (Å²) in [4.78, 5) is 52.8. The number of anilines is 1. The van der Waals surface area contributed by atoms with Gasteiger partial charge in [-0.15, -0.1) is 0 Å². The first kappa shape index (κ1) is 18.2. The molecule has 29 heavy (non-hydrogen) atoms. The van der Waals surface area contributed by atoms with Crippen LogP contribution in [0.1, 0.15) is 11.1 Å². The first-order valence-electron chi connectivity index (χ1n) is 8.41. The van der Waals surface area contributed by atoms with Crippen LogP contribution in [0.4, 0.5) is 17.1 Å². The Morgan fingerprint density at radius 3 is 2.38 bits per heavy atom. The Hall–Kier alpha value is -4.15. The Labute approximate surface area is 162 Å². The van der Waals surface area contributed by atoms with Gasteiger partial charge in [0, 0.05) is 29.8 Å². The number of oxime groups is 1. The standard InChI is InChI=1S/C18H12N4O7/c1-9-5-6-12(22(27)28)8-13(9)20-17(23)14-15(19-29-16(14)18(20)24)10-3-2-4-11(7-10)21(25)26/h2-8,14,16H,1H3. The Balaban J connectivity index is 1.73. The fourth-order valence-corrected chi connectivity index (χ4v) is 3.38. The zero-order valence-corrected chi connectivity index (χ0v) is 14.8. The molecule has 1 saturated heterocycles. The predicted molar refractivity (Wildman–Crippen MR) is 98.3 cm³/mol. The van der Waals surface area contributed by atoms with E-state index in [1.165, 1.54) is 36.4 Å². The summed E-state index contributed by atoms with van der Waals surface area (Å²) < 4.78 is 0. The minimum Gasteiger partial charge on any atom is -0.381 e. The highest BCUT2D eigenvalue weighted by Gasteiger charge is 2.56. The molecule has 0 aromatic heterocycles. The van der Waals surface area contributed by atoms with E-state index in [1.54, 1.807) is 6.92 Å². The Morgan fingerprint density at radius 2 is 1.69 bits per heavy atom. The first-order chi connectivity index (χ1) is 13.8. The smallest absolute Gasteiger partial charge is 0.278 e. The van der Waals surface area contributed by atoms with E-state index in [0.717, 1.165) is 11.0 Å². The summed E-state index contributed by atoms with van der Waals surface area (Å²) in [6.45, 7) is 1.62. The van der Waals surface area contributed by atoms with Crippen LogP contribution in [0.15, 0.2) is 47.6 Å².